The molecule has 1 aliphatic rings. The van der Waals surface area contributed by atoms with Crippen LogP contribution in [0.2, 0.25) is 0 Å². The number of H-pyrrole nitrogens is 1. The first kappa shape index (κ1) is 15.6. The molecule has 7 nitrogen and oxygen atoms in total. The van der Waals surface area contributed by atoms with E-state index in [1.807, 2.05) is 0 Å². The Morgan fingerprint density at radius 3 is 2.74 bits per heavy atom. The van der Waals surface area contributed by atoms with Gasteiger partial charge in [0.25, 0.3) is 5.91 Å². The smallest absolute Gasteiger partial charge is 0.299 e. The van der Waals surface area contributed by atoms with Crippen molar-refractivity contribution in [2.75, 3.05) is 19.6 Å². The molecule has 1 aromatic carbocycles. The average molecular weight is 317 g/mol. The summed E-state index contributed by atoms with van der Waals surface area (Å²) in [7, 11) is 0. The van der Waals surface area contributed by atoms with Crippen molar-refractivity contribution in [3.8, 4) is 0 Å². The van der Waals surface area contributed by atoms with Gasteiger partial charge in [-0.3, -0.25) is 14.9 Å². The van der Waals surface area contributed by atoms with Gasteiger partial charge in [0.2, 0.25) is 6.33 Å². The molecular weight excluding hydrogens is 296 g/mol. The van der Waals surface area contributed by atoms with Gasteiger partial charge in [0.15, 0.2) is 0 Å². The lowest BCUT2D eigenvalue weighted by molar-refractivity contribution is -0.353. The second kappa shape index (κ2) is 6.89. The molecule has 3 N–H and O–H groups in total. The topological polar surface area (TPSA) is 88.7 Å². The number of hydrogen-bond acceptors (Lipinski definition) is 4. The van der Waals surface area contributed by atoms with E-state index in [4.69, 9.17) is 5.21 Å². The van der Waals surface area contributed by atoms with Gasteiger partial charge in [-0.1, -0.05) is 6.42 Å². The molecule has 2 aromatic rings. The van der Waals surface area contributed by atoms with Crippen LogP contribution in [0.1, 0.15) is 29.6 Å². The summed E-state index contributed by atoms with van der Waals surface area (Å²) in [5.74, 6) is -0.630. The fraction of sp³-hybridized carbons (Fsp3) is 0.438. The van der Waals surface area contributed by atoms with Crippen molar-refractivity contribution in [1.82, 2.24) is 14.9 Å². The van der Waals surface area contributed by atoms with Crippen molar-refractivity contribution in [1.29, 1.82) is 0 Å². The molecule has 23 heavy (non-hydrogen) atoms. The first-order valence-electron chi connectivity index (χ1n) is 7.91. The Balaban J connectivity index is 1.84. The number of benzene rings is 1. The van der Waals surface area contributed by atoms with Crippen LogP contribution in [-0.4, -0.2) is 40.2 Å². The molecule has 7 heteroatoms. The number of piperidine rings is 1. The Hall–Kier alpha value is -2.25. The number of hydroxylamine groups is 1. The van der Waals surface area contributed by atoms with Crippen LogP contribution >= 0.6 is 0 Å². The number of amides is 1. The van der Waals surface area contributed by atoms with Gasteiger partial charge in [-0.2, -0.15) is 4.57 Å². The quantitative estimate of drug-likeness (QED) is 0.632. The largest absolute Gasteiger partial charge is 0.345 e. The second-order valence-electron chi connectivity index (χ2n) is 5.88. The fourth-order valence-corrected chi connectivity index (χ4v) is 3.01. The van der Waals surface area contributed by atoms with Gasteiger partial charge in [-0.15, -0.1) is 0 Å². The van der Waals surface area contributed by atoms with Crippen LogP contribution in [0.5, 0.6) is 0 Å². The van der Waals surface area contributed by atoms with Crippen LogP contribution in [0.3, 0.4) is 0 Å². The van der Waals surface area contributed by atoms with Gasteiger partial charge >= 0.3 is 5.56 Å². The number of fused-ring (bicyclic) bond motifs is 1. The molecule has 0 radical (unpaired) electrons. The molecule has 2 heterocycles. The van der Waals surface area contributed by atoms with Crippen LogP contribution in [0, 0.1) is 0 Å². The van der Waals surface area contributed by atoms with E-state index in [-0.39, 0.29) is 11.1 Å². The average Bonchev–Trinajstić information content (AvgIpc) is 2.61. The van der Waals surface area contributed by atoms with Crippen LogP contribution in [0.15, 0.2) is 29.3 Å². The highest BCUT2D eigenvalue weighted by Crippen LogP contribution is 2.09. The highest BCUT2D eigenvalue weighted by atomic mass is 16.5. The summed E-state index contributed by atoms with van der Waals surface area (Å²) in [6.07, 6.45) is 5.41. The van der Waals surface area contributed by atoms with Crippen molar-refractivity contribution in [3.05, 3.63) is 40.4 Å². The molecule has 1 aromatic heterocycles. The third kappa shape index (κ3) is 3.40. The summed E-state index contributed by atoms with van der Waals surface area (Å²) in [4.78, 5) is 29.5. The van der Waals surface area contributed by atoms with E-state index in [0.29, 0.717) is 17.4 Å². The number of aromatic nitrogens is 2. The lowest BCUT2D eigenvalue weighted by Crippen LogP contribution is -2.36. The molecule has 0 bridgehead atoms. The summed E-state index contributed by atoms with van der Waals surface area (Å²) in [6.45, 7) is 3.64. The molecule has 0 aliphatic carbocycles. The standard InChI is InChI=1S/C16H20N4O3/c21-15(18-23)12-4-5-14-13(10-12)16(22)20(11-17-14)9-8-19-6-2-1-3-7-19/h4-5,10-11,23H,1-3,6-9H2,(H,18,21)/p+1. The fourth-order valence-electron chi connectivity index (χ4n) is 3.01. The van der Waals surface area contributed by atoms with Crippen molar-refractivity contribution in [2.45, 2.75) is 25.8 Å². The molecule has 0 saturated carbocycles. The third-order valence-electron chi connectivity index (χ3n) is 4.36. The number of likely N-dealkylation sites (tertiary alicyclic amines) is 1. The van der Waals surface area contributed by atoms with Crippen LogP contribution in [-0.2, 0) is 6.54 Å². The predicted octanol–water partition coefficient (Wildman–Crippen LogP) is 0.420. The van der Waals surface area contributed by atoms with Crippen molar-refractivity contribution < 1.29 is 15.0 Å². The molecule has 3 rings (SSSR count). The number of nitrogens with one attached hydrogen (secondary N) is 2. The van der Waals surface area contributed by atoms with Gasteiger partial charge in [-0.25, -0.2) is 15.3 Å². The number of carbonyl (C=O) groups is 1. The van der Waals surface area contributed by atoms with E-state index in [2.05, 4.69) is 9.88 Å². The zero-order valence-electron chi connectivity index (χ0n) is 12.9. The zero-order chi connectivity index (χ0) is 16.2. The Bertz CT molecular complexity index is 765. The summed E-state index contributed by atoms with van der Waals surface area (Å²) in [5, 5.41) is 9.15. The zero-order valence-corrected chi connectivity index (χ0v) is 12.9. The summed E-state index contributed by atoms with van der Waals surface area (Å²) in [5.41, 5.74) is 2.36. The first-order chi connectivity index (χ1) is 11.2. The Morgan fingerprint density at radius 1 is 1.22 bits per heavy atom. The third-order valence-corrected chi connectivity index (χ3v) is 4.36. The molecule has 0 atom stereocenters. The number of nitrogens with zero attached hydrogens (tertiary/aromatic N) is 2. The van der Waals surface area contributed by atoms with Crippen LogP contribution in [0.25, 0.3) is 10.9 Å². The van der Waals surface area contributed by atoms with Gasteiger partial charge in [0.05, 0.1) is 0 Å². The van der Waals surface area contributed by atoms with Crippen molar-refractivity contribution >= 4 is 16.8 Å². The molecular formula is C16H21N4O3+. The van der Waals surface area contributed by atoms with Crippen molar-refractivity contribution in [2.24, 2.45) is 0 Å². The van der Waals surface area contributed by atoms with Gasteiger partial charge in [-0.05, 0) is 44.1 Å². The van der Waals surface area contributed by atoms with E-state index in [1.54, 1.807) is 28.5 Å². The van der Waals surface area contributed by atoms with Gasteiger partial charge in [0, 0.05) is 12.1 Å². The lowest BCUT2D eigenvalue weighted by Gasteiger charge is -2.25. The molecule has 1 amide bonds. The Kier molecular flexibility index (Phi) is 4.68. The van der Waals surface area contributed by atoms with Gasteiger partial charge < -0.3 is 0 Å². The number of rotatable bonds is 4. The molecule has 0 unspecified atom stereocenters. The van der Waals surface area contributed by atoms with E-state index in [0.717, 1.165) is 19.6 Å². The molecule has 122 valence electrons. The summed E-state index contributed by atoms with van der Waals surface area (Å²) >= 11 is 0. The SMILES string of the molecule is O=C(NO)c1ccc2[nH+]cn(CCN3CCCCC3)c(=O)c2c1. The summed E-state index contributed by atoms with van der Waals surface area (Å²) in [6, 6.07) is 4.72. The number of carbonyl (C=O) groups excluding carboxylic acids is 1. The number of hydrogen-bond donors (Lipinski definition) is 2. The normalized spacial score (nSPS) is 15.7. The van der Waals surface area contributed by atoms with E-state index >= 15 is 0 Å². The maximum Gasteiger partial charge on any atom is 0.345 e. The van der Waals surface area contributed by atoms with Crippen LogP contribution in [0.4, 0.5) is 0 Å². The first-order valence-corrected chi connectivity index (χ1v) is 7.91. The highest BCUT2D eigenvalue weighted by molar-refractivity contribution is 5.96. The molecule has 1 saturated heterocycles. The Morgan fingerprint density at radius 2 is 2.00 bits per heavy atom. The molecule has 1 aliphatic heterocycles. The monoisotopic (exact) mass is 317 g/mol. The van der Waals surface area contributed by atoms with Gasteiger partial charge in [0.1, 0.15) is 17.4 Å². The van der Waals surface area contributed by atoms with E-state index in [9.17, 15) is 9.59 Å². The maximum absolute atomic E-state index is 12.6. The highest BCUT2D eigenvalue weighted by Gasteiger charge is 2.15. The number of aromatic amines is 1. The van der Waals surface area contributed by atoms with E-state index in [1.165, 1.54) is 25.3 Å². The maximum atomic E-state index is 12.6. The second-order valence-corrected chi connectivity index (χ2v) is 5.88. The molecule has 1 fully saturated rings. The summed E-state index contributed by atoms with van der Waals surface area (Å²) < 4.78 is 1.64. The minimum absolute atomic E-state index is 0.136. The van der Waals surface area contributed by atoms with E-state index < -0.39 is 5.91 Å². The minimum atomic E-state index is -0.630. The Labute approximate surface area is 133 Å². The predicted molar refractivity (Wildman–Crippen MR) is 84.3 cm³/mol. The molecule has 0 spiro atoms. The minimum Gasteiger partial charge on any atom is -0.299 e. The lowest BCUT2D eigenvalue weighted by atomic mass is 10.1. The van der Waals surface area contributed by atoms with Crippen LogP contribution < -0.4 is 16.0 Å². The van der Waals surface area contributed by atoms with Crippen molar-refractivity contribution in [3.63, 3.8) is 0 Å².